The third-order valence-corrected chi connectivity index (χ3v) is 5.18. The maximum absolute atomic E-state index is 13.2. The fourth-order valence-electron chi connectivity index (χ4n) is 3.53. The average Bonchev–Trinajstić information content (AvgIpc) is 3.18. The van der Waals surface area contributed by atoms with Gasteiger partial charge in [0.05, 0.1) is 0 Å². The Morgan fingerprint density at radius 2 is 1.76 bits per heavy atom. The van der Waals surface area contributed by atoms with Crippen LogP contribution < -0.4 is 10.6 Å². The van der Waals surface area contributed by atoms with Crippen molar-refractivity contribution in [1.82, 2.24) is 15.6 Å². The van der Waals surface area contributed by atoms with E-state index in [1.807, 2.05) is 39.0 Å². The van der Waals surface area contributed by atoms with Crippen LogP contribution in [0.15, 0.2) is 48.5 Å². The SMILES string of the molecule is CCCC[C@@H](CNC(=O)c1cc2ccc(-c3ccc(F)cc3)cc2[nH]1)NC(=O)OC(C)(C)C. The average molecular weight is 454 g/mol. The number of halogens is 1. The van der Waals surface area contributed by atoms with E-state index in [0.717, 1.165) is 41.3 Å². The van der Waals surface area contributed by atoms with Gasteiger partial charge in [-0.15, -0.1) is 0 Å². The highest BCUT2D eigenvalue weighted by atomic mass is 19.1. The number of carbonyl (C=O) groups excluding carboxylic acids is 2. The lowest BCUT2D eigenvalue weighted by Gasteiger charge is -2.23. The van der Waals surface area contributed by atoms with Gasteiger partial charge in [0.15, 0.2) is 0 Å². The normalized spacial score (nSPS) is 12.4. The second-order valence-corrected chi connectivity index (χ2v) is 9.19. The monoisotopic (exact) mass is 453 g/mol. The van der Waals surface area contributed by atoms with Crippen LogP contribution in [0.5, 0.6) is 0 Å². The van der Waals surface area contributed by atoms with Crippen molar-refractivity contribution in [3.05, 3.63) is 60.0 Å². The van der Waals surface area contributed by atoms with Gasteiger partial charge in [-0.2, -0.15) is 0 Å². The quantitative estimate of drug-likeness (QED) is 0.404. The Balaban J connectivity index is 1.66. The van der Waals surface area contributed by atoms with Gasteiger partial charge in [-0.25, -0.2) is 9.18 Å². The van der Waals surface area contributed by atoms with Gasteiger partial charge in [-0.05, 0) is 62.6 Å². The predicted octanol–water partition coefficient (Wildman–Crippen LogP) is 5.79. The lowest BCUT2D eigenvalue weighted by atomic mass is 10.0. The molecule has 1 heterocycles. The number of hydrogen-bond acceptors (Lipinski definition) is 3. The summed E-state index contributed by atoms with van der Waals surface area (Å²) in [5.74, 6) is -0.529. The van der Waals surface area contributed by atoms with Gasteiger partial charge < -0.3 is 20.4 Å². The zero-order chi connectivity index (χ0) is 24.0. The number of hydrogen-bond donors (Lipinski definition) is 3. The minimum Gasteiger partial charge on any atom is -0.444 e. The Morgan fingerprint density at radius 1 is 1.06 bits per heavy atom. The van der Waals surface area contributed by atoms with Gasteiger partial charge in [-0.3, -0.25) is 4.79 Å². The summed E-state index contributed by atoms with van der Waals surface area (Å²) in [6.45, 7) is 7.81. The predicted molar refractivity (Wildman–Crippen MR) is 129 cm³/mol. The molecule has 6 nitrogen and oxygen atoms in total. The second-order valence-electron chi connectivity index (χ2n) is 9.19. The van der Waals surface area contributed by atoms with Crippen LogP contribution >= 0.6 is 0 Å². The van der Waals surface area contributed by atoms with Crippen LogP contribution in [0.1, 0.15) is 57.4 Å². The number of ether oxygens (including phenoxy) is 1. The van der Waals surface area contributed by atoms with Gasteiger partial charge >= 0.3 is 6.09 Å². The zero-order valence-electron chi connectivity index (χ0n) is 19.6. The summed E-state index contributed by atoms with van der Waals surface area (Å²) in [5, 5.41) is 6.67. The Morgan fingerprint density at radius 3 is 2.42 bits per heavy atom. The van der Waals surface area contributed by atoms with E-state index in [2.05, 4.69) is 22.5 Å². The Labute approximate surface area is 193 Å². The van der Waals surface area contributed by atoms with Crippen LogP contribution in [-0.2, 0) is 4.74 Å². The number of rotatable bonds is 8. The summed E-state index contributed by atoms with van der Waals surface area (Å²) in [7, 11) is 0. The van der Waals surface area contributed by atoms with Crippen molar-refractivity contribution in [3.8, 4) is 11.1 Å². The fourth-order valence-corrected chi connectivity index (χ4v) is 3.53. The minimum atomic E-state index is -0.584. The van der Waals surface area contributed by atoms with Gasteiger partial charge in [-0.1, -0.05) is 44.0 Å². The van der Waals surface area contributed by atoms with Crippen molar-refractivity contribution in [1.29, 1.82) is 0 Å². The lowest BCUT2D eigenvalue weighted by Crippen LogP contribution is -2.45. The number of H-pyrrole nitrogens is 1. The van der Waals surface area contributed by atoms with Gasteiger partial charge in [0.1, 0.15) is 17.1 Å². The van der Waals surface area contributed by atoms with Crippen LogP contribution in [0.4, 0.5) is 9.18 Å². The zero-order valence-corrected chi connectivity index (χ0v) is 19.6. The topological polar surface area (TPSA) is 83.2 Å². The smallest absolute Gasteiger partial charge is 0.407 e. The Kier molecular flexibility index (Phi) is 7.74. The molecule has 176 valence electrons. The highest BCUT2D eigenvalue weighted by Gasteiger charge is 2.20. The third kappa shape index (κ3) is 7.07. The first-order valence-corrected chi connectivity index (χ1v) is 11.3. The van der Waals surface area contributed by atoms with E-state index in [1.165, 1.54) is 12.1 Å². The standard InChI is InChI=1S/C26H32FN3O3/c1-5-6-7-21(29-25(32)33-26(2,3)4)16-28-24(31)23-15-19-9-8-18(14-22(19)30-23)17-10-12-20(27)13-11-17/h8-15,21,30H,5-7,16H2,1-4H3,(H,28,31)(H,29,32)/t21-/m0/s1. The van der Waals surface area contributed by atoms with Gasteiger partial charge in [0.25, 0.3) is 5.91 Å². The fraction of sp³-hybridized carbons (Fsp3) is 0.385. The van der Waals surface area contributed by atoms with E-state index in [1.54, 1.807) is 18.2 Å². The van der Waals surface area contributed by atoms with E-state index in [9.17, 15) is 14.0 Å². The van der Waals surface area contributed by atoms with Crippen molar-refractivity contribution in [2.75, 3.05) is 6.54 Å². The number of aromatic nitrogens is 1. The number of amides is 2. The van der Waals surface area contributed by atoms with E-state index in [-0.39, 0.29) is 17.8 Å². The molecule has 2 amide bonds. The molecule has 7 heteroatoms. The van der Waals surface area contributed by atoms with Crippen LogP contribution in [-0.4, -0.2) is 35.2 Å². The van der Waals surface area contributed by atoms with Crippen LogP contribution in [0, 0.1) is 5.82 Å². The Bertz CT molecular complexity index is 1100. The highest BCUT2D eigenvalue weighted by molar-refractivity contribution is 5.98. The molecule has 0 aliphatic rings. The second kappa shape index (κ2) is 10.5. The van der Waals surface area contributed by atoms with Gasteiger partial charge in [0.2, 0.25) is 0 Å². The van der Waals surface area contributed by atoms with Crippen LogP contribution in [0.25, 0.3) is 22.0 Å². The van der Waals surface area contributed by atoms with Crippen LogP contribution in [0.2, 0.25) is 0 Å². The lowest BCUT2D eigenvalue weighted by molar-refractivity contribution is 0.0498. The van der Waals surface area contributed by atoms with Crippen LogP contribution in [0.3, 0.4) is 0 Å². The molecule has 0 saturated carbocycles. The molecular formula is C26H32FN3O3. The van der Waals surface area contributed by atoms with Gasteiger partial charge in [0, 0.05) is 23.5 Å². The summed E-state index contributed by atoms with van der Waals surface area (Å²) in [4.78, 5) is 28.1. The maximum atomic E-state index is 13.2. The molecule has 1 atom stereocenters. The molecule has 0 aliphatic heterocycles. The number of nitrogens with one attached hydrogen (secondary N) is 3. The van der Waals surface area contributed by atoms with Crippen molar-refractivity contribution < 1.29 is 18.7 Å². The summed E-state index contributed by atoms with van der Waals surface area (Å²) < 4.78 is 18.6. The molecule has 33 heavy (non-hydrogen) atoms. The molecule has 3 aromatic rings. The molecule has 1 aromatic heterocycles. The van der Waals surface area contributed by atoms with E-state index in [0.29, 0.717) is 12.2 Å². The first kappa shape index (κ1) is 24.3. The maximum Gasteiger partial charge on any atom is 0.407 e. The number of carbonyl (C=O) groups is 2. The molecule has 0 radical (unpaired) electrons. The molecule has 0 saturated heterocycles. The third-order valence-electron chi connectivity index (χ3n) is 5.18. The molecule has 2 aromatic carbocycles. The molecule has 0 fully saturated rings. The summed E-state index contributed by atoms with van der Waals surface area (Å²) in [6.07, 6.45) is 2.16. The van der Waals surface area contributed by atoms with Crippen molar-refractivity contribution in [2.45, 2.75) is 58.6 Å². The minimum absolute atomic E-state index is 0.224. The van der Waals surface area contributed by atoms with E-state index >= 15 is 0 Å². The summed E-state index contributed by atoms with van der Waals surface area (Å²) in [6, 6.07) is 13.7. The largest absolute Gasteiger partial charge is 0.444 e. The number of aromatic amines is 1. The number of benzene rings is 2. The first-order chi connectivity index (χ1) is 15.6. The molecule has 0 spiro atoms. The van der Waals surface area contributed by atoms with E-state index in [4.69, 9.17) is 4.74 Å². The number of fused-ring (bicyclic) bond motifs is 1. The molecule has 3 N–H and O–H groups in total. The number of unbranched alkanes of at least 4 members (excludes halogenated alkanes) is 1. The molecule has 3 rings (SSSR count). The van der Waals surface area contributed by atoms with Crippen molar-refractivity contribution in [2.24, 2.45) is 0 Å². The van der Waals surface area contributed by atoms with Crippen molar-refractivity contribution in [3.63, 3.8) is 0 Å². The van der Waals surface area contributed by atoms with Crippen molar-refractivity contribution >= 4 is 22.9 Å². The molecule has 0 aliphatic carbocycles. The molecule has 0 unspecified atom stereocenters. The summed E-state index contributed by atoms with van der Waals surface area (Å²) in [5.41, 5.74) is 2.49. The first-order valence-electron chi connectivity index (χ1n) is 11.3. The Hall–Kier alpha value is -3.35. The molecule has 0 bridgehead atoms. The van der Waals surface area contributed by atoms with E-state index < -0.39 is 11.7 Å². The molecular weight excluding hydrogens is 421 g/mol. The summed E-state index contributed by atoms with van der Waals surface area (Å²) >= 11 is 0. The number of alkyl carbamates (subject to hydrolysis) is 1. The highest BCUT2D eigenvalue weighted by Crippen LogP contribution is 2.25.